The smallest absolute Gasteiger partial charge is 0.180 e. The summed E-state index contributed by atoms with van der Waals surface area (Å²) < 4.78 is 11.6. The van der Waals surface area contributed by atoms with E-state index >= 15 is 0 Å². The number of benzene rings is 2. The first-order chi connectivity index (χ1) is 10.6. The van der Waals surface area contributed by atoms with Crippen molar-refractivity contribution in [3.63, 3.8) is 0 Å². The van der Waals surface area contributed by atoms with Crippen LogP contribution in [0.5, 0.6) is 11.5 Å². The summed E-state index contributed by atoms with van der Waals surface area (Å²) in [5.41, 5.74) is 3.40. The lowest BCUT2D eigenvalue weighted by Crippen LogP contribution is -2.07. The number of halogens is 1. The molecular weight excluding hydrogens is 298 g/mol. The van der Waals surface area contributed by atoms with Crippen molar-refractivity contribution >= 4 is 11.6 Å². The van der Waals surface area contributed by atoms with Crippen LogP contribution in [-0.4, -0.2) is 13.7 Å². The zero-order valence-electron chi connectivity index (χ0n) is 13.3. The van der Waals surface area contributed by atoms with Gasteiger partial charge in [-0.25, -0.2) is 0 Å². The Balaban J connectivity index is 2.19. The maximum absolute atomic E-state index is 6.36. The van der Waals surface area contributed by atoms with Crippen LogP contribution < -0.4 is 14.8 Å². The highest BCUT2D eigenvalue weighted by molar-refractivity contribution is 6.32. The van der Waals surface area contributed by atoms with E-state index in [9.17, 15) is 0 Å². The van der Waals surface area contributed by atoms with E-state index < -0.39 is 0 Å². The van der Waals surface area contributed by atoms with Gasteiger partial charge in [-0.2, -0.15) is 0 Å². The molecule has 0 spiro atoms. The zero-order chi connectivity index (χ0) is 15.9. The molecule has 0 saturated carbocycles. The topological polar surface area (TPSA) is 30.5 Å². The molecule has 22 heavy (non-hydrogen) atoms. The Morgan fingerprint density at radius 3 is 2.41 bits per heavy atom. The summed E-state index contributed by atoms with van der Waals surface area (Å²) in [5, 5.41) is 3.68. The lowest BCUT2D eigenvalue weighted by atomic mass is 10.1. The van der Waals surface area contributed by atoms with Crippen molar-refractivity contribution in [2.45, 2.75) is 27.0 Å². The third-order valence-electron chi connectivity index (χ3n) is 3.25. The highest BCUT2D eigenvalue weighted by Crippen LogP contribution is 2.37. The van der Waals surface area contributed by atoms with Gasteiger partial charge in [-0.05, 0) is 44.2 Å². The van der Waals surface area contributed by atoms with Crippen LogP contribution in [0.1, 0.15) is 23.6 Å². The van der Waals surface area contributed by atoms with Gasteiger partial charge in [0.2, 0.25) is 0 Å². The molecular formula is C18H22ClNO2. The molecule has 0 unspecified atom stereocenters. The lowest BCUT2D eigenvalue weighted by Gasteiger charge is -2.15. The highest BCUT2D eigenvalue weighted by Gasteiger charge is 2.12. The molecule has 0 fully saturated rings. The average molecular weight is 320 g/mol. The van der Waals surface area contributed by atoms with E-state index in [0.29, 0.717) is 29.7 Å². The Kier molecular flexibility index (Phi) is 6.10. The van der Waals surface area contributed by atoms with Crippen molar-refractivity contribution in [1.82, 2.24) is 5.32 Å². The standard InChI is InChI=1S/C18H22ClNO2/c1-4-21-17-10-15(11-20-3)9-16(19)18(17)22-12-14-7-5-13(2)6-8-14/h5-10,20H,4,11-12H2,1-3H3. The summed E-state index contributed by atoms with van der Waals surface area (Å²) in [6.07, 6.45) is 0. The second-order valence-electron chi connectivity index (χ2n) is 5.14. The van der Waals surface area contributed by atoms with Crippen LogP contribution in [0.25, 0.3) is 0 Å². The molecule has 0 atom stereocenters. The van der Waals surface area contributed by atoms with Gasteiger partial charge >= 0.3 is 0 Å². The first-order valence-corrected chi connectivity index (χ1v) is 7.80. The molecule has 0 heterocycles. The maximum Gasteiger partial charge on any atom is 0.180 e. The summed E-state index contributed by atoms with van der Waals surface area (Å²) in [5.74, 6) is 1.29. The van der Waals surface area contributed by atoms with Gasteiger partial charge in [-0.15, -0.1) is 0 Å². The summed E-state index contributed by atoms with van der Waals surface area (Å²) in [6, 6.07) is 12.1. The van der Waals surface area contributed by atoms with E-state index in [-0.39, 0.29) is 0 Å². The van der Waals surface area contributed by atoms with E-state index in [1.807, 2.05) is 26.1 Å². The Bertz CT molecular complexity index is 611. The molecule has 4 heteroatoms. The van der Waals surface area contributed by atoms with Crippen LogP contribution in [0, 0.1) is 6.92 Å². The molecule has 0 aromatic heterocycles. The molecule has 118 valence electrons. The molecule has 2 aromatic carbocycles. The quantitative estimate of drug-likeness (QED) is 0.823. The van der Waals surface area contributed by atoms with Crippen molar-refractivity contribution in [3.05, 3.63) is 58.1 Å². The zero-order valence-corrected chi connectivity index (χ0v) is 14.0. The summed E-state index contributed by atoms with van der Waals surface area (Å²) in [6.45, 7) is 5.78. The maximum atomic E-state index is 6.36. The second kappa shape index (κ2) is 8.06. The Morgan fingerprint density at radius 2 is 1.77 bits per heavy atom. The molecule has 0 aliphatic rings. The fraction of sp³-hybridized carbons (Fsp3) is 0.333. The fourth-order valence-corrected chi connectivity index (χ4v) is 2.46. The van der Waals surface area contributed by atoms with Crippen molar-refractivity contribution in [3.8, 4) is 11.5 Å². The van der Waals surface area contributed by atoms with Gasteiger partial charge in [-0.1, -0.05) is 41.4 Å². The Labute approximate surface area is 137 Å². The number of ether oxygens (including phenoxy) is 2. The number of nitrogens with one attached hydrogen (secondary N) is 1. The van der Waals surface area contributed by atoms with Crippen LogP contribution in [0.3, 0.4) is 0 Å². The van der Waals surface area contributed by atoms with E-state index in [2.05, 4.69) is 36.5 Å². The fourth-order valence-electron chi connectivity index (χ4n) is 2.17. The second-order valence-corrected chi connectivity index (χ2v) is 5.55. The lowest BCUT2D eigenvalue weighted by molar-refractivity contribution is 0.269. The molecule has 0 aliphatic carbocycles. The van der Waals surface area contributed by atoms with Gasteiger partial charge in [0.15, 0.2) is 11.5 Å². The van der Waals surface area contributed by atoms with Gasteiger partial charge < -0.3 is 14.8 Å². The number of hydrogen-bond acceptors (Lipinski definition) is 3. The minimum Gasteiger partial charge on any atom is -0.490 e. The van der Waals surface area contributed by atoms with Gasteiger partial charge in [0.25, 0.3) is 0 Å². The molecule has 3 nitrogen and oxygen atoms in total. The molecule has 0 saturated heterocycles. The number of rotatable bonds is 7. The summed E-state index contributed by atoms with van der Waals surface area (Å²) in [4.78, 5) is 0. The molecule has 1 N–H and O–H groups in total. The van der Waals surface area contributed by atoms with Gasteiger partial charge in [0.1, 0.15) is 6.61 Å². The van der Waals surface area contributed by atoms with E-state index in [1.165, 1.54) is 5.56 Å². The van der Waals surface area contributed by atoms with Crippen molar-refractivity contribution < 1.29 is 9.47 Å². The van der Waals surface area contributed by atoms with E-state index in [1.54, 1.807) is 0 Å². The molecule has 0 radical (unpaired) electrons. The minimum atomic E-state index is 0.464. The Morgan fingerprint density at radius 1 is 1.05 bits per heavy atom. The molecule has 2 rings (SSSR count). The van der Waals surface area contributed by atoms with E-state index in [4.69, 9.17) is 21.1 Å². The highest BCUT2D eigenvalue weighted by atomic mass is 35.5. The monoisotopic (exact) mass is 319 g/mol. The number of hydrogen-bond donors (Lipinski definition) is 1. The SMILES string of the molecule is CCOc1cc(CNC)cc(Cl)c1OCc1ccc(C)cc1. The molecule has 2 aromatic rings. The van der Waals surface area contributed by atoms with Gasteiger partial charge in [0, 0.05) is 6.54 Å². The number of aryl methyl sites for hydroxylation is 1. The Hall–Kier alpha value is -1.71. The van der Waals surface area contributed by atoms with Crippen LogP contribution in [0.4, 0.5) is 0 Å². The van der Waals surface area contributed by atoms with Gasteiger partial charge in [-0.3, -0.25) is 0 Å². The third-order valence-corrected chi connectivity index (χ3v) is 3.53. The van der Waals surface area contributed by atoms with Crippen LogP contribution in [0.15, 0.2) is 36.4 Å². The van der Waals surface area contributed by atoms with Gasteiger partial charge in [0.05, 0.1) is 11.6 Å². The first-order valence-electron chi connectivity index (χ1n) is 7.42. The normalized spacial score (nSPS) is 10.5. The van der Waals surface area contributed by atoms with Crippen molar-refractivity contribution in [2.75, 3.05) is 13.7 Å². The largest absolute Gasteiger partial charge is 0.490 e. The van der Waals surface area contributed by atoms with E-state index in [0.717, 1.165) is 17.7 Å². The van der Waals surface area contributed by atoms with Crippen molar-refractivity contribution in [2.24, 2.45) is 0 Å². The van der Waals surface area contributed by atoms with Crippen LogP contribution in [-0.2, 0) is 13.2 Å². The summed E-state index contributed by atoms with van der Waals surface area (Å²) >= 11 is 6.36. The third kappa shape index (κ3) is 4.39. The molecule has 0 amide bonds. The molecule has 0 bridgehead atoms. The minimum absolute atomic E-state index is 0.464. The predicted molar refractivity (Wildman–Crippen MR) is 90.9 cm³/mol. The van der Waals surface area contributed by atoms with Crippen molar-refractivity contribution in [1.29, 1.82) is 0 Å². The van der Waals surface area contributed by atoms with Crippen LogP contribution >= 0.6 is 11.6 Å². The first kappa shape index (κ1) is 16.7. The predicted octanol–water partition coefficient (Wildman–Crippen LogP) is 4.35. The summed E-state index contributed by atoms with van der Waals surface area (Å²) in [7, 11) is 1.90. The van der Waals surface area contributed by atoms with Crippen LogP contribution in [0.2, 0.25) is 5.02 Å². The molecule has 0 aliphatic heterocycles. The average Bonchev–Trinajstić information content (AvgIpc) is 2.49.